The highest BCUT2D eigenvalue weighted by Gasteiger charge is 2.18. The highest BCUT2D eigenvalue weighted by atomic mass is 16.5. The third kappa shape index (κ3) is 4.06. The molecule has 13 heavy (non-hydrogen) atoms. The summed E-state index contributed by atoms with van der Waals surface area (Å²) in [5.41, 5.74) is 0. The van der Waals surface area contributed by atoms with Gasteiger partial charge in [0.2, 0.25) is 0 Å². The molecule has 0 atom stereocenters. The van der Waals surface area contributed by atoms with Gasteiger partial charge in [0, 0.05) is 6.42 Å². The minimum atomic E-state index is -0.234. The van der Waals surface area contributed by atoms with E-state index in [0.717, 1.165) is 0 Å². The van der Waals surface area contributed by atoms with Gasteiger partial charge in [-0.25, -0.2) is 0 Å². The van der Waals surface area contributed by atoms with Crippen molar-refractivity contribution in [1.82, 2.24) is 0 Å². The van der Waals surface area contributed by atoms with Crippen LogP contribution in [0.15, 0.2) is 0 Å². The summed E-state index contributed by atoms with van der Waals surface area (Å²) < 4.78 is 5.01. The van der Waals surface area contributed by atoms with Gasteiger partial charge >= 0.3 is 5.97 Å². The Morgan fingerprint density at radius 3 is 2.46 bits per heavy atom. The molecule has 3 nitrogen and oxygen atoms in total. The van der Waals surface area contributed by atoms with Crippen molar-refractivity contribution >= 4 is 11.8 Å². The monoisotopic (exact) mass is 184 g/mol. The zero-order chi connectivity index (χ0) is 9.68. The molecule has 0 radical (unpaired) electrons. The smallest absolute Gasteiger partial charge is 0.306 e. The number of ether oxygens (including phenoxy) is 1. The van der Waals surface area contributed by atoms with Crippen molar-refractivity contribution in [2.24, 2.45) is 5.92 Å². The van der Waals surface area contributed by atoms with Crippen molar-refractivity contribution in [2.75, 3.05) is 6.61 Å². The van der Waals surface area contributed by atoms with E-state index in [4.69, 9.17) is 4.74 Å². The SMILES string of the molecule is CC(=O)CCC(=O)OCC1CCC1. The molecular formula is C10H16O3. The van der Waals surface area contributed by atoms with E-state index in [1.165, 1.54) is 26.2 Å². The van der Waals surface area contributed by atoms with Gasteiger partial charge in [-0.1, -0.05) is 6.42 Å². The largest absolute Gasteiger partial charge is 0.465 e. The molecule has 0 aromatic rings. The van der Waals surface area contributed by atoms with E-state index in [1.807, 2.05) is 0 Å². The summed E-state index contributed by atoms with van der Waals surface area (Å²) in [5.74, 6) is 0.393. The molecule has 0 spiro atoms. The van der Waals surface area contributed by atoms with Crippen LogP contribution in [0.25, 0.3) is 0 Å². The van der Waals surface area contributed by atoms with Crippen LogP contribution in [0.3, 0.4) is 0 Å². The van der Waals surface area contributed by atoms with E-state index in [9.17, 15) is 9.59 Å². The molecule has 74 valence electrons. The number of esters is 1. The lowest BCUT2D eigenvalue weighted by Gasteiger charge is -2.24. The van der Waals surface area contributed by atoms with Gasteiger partial charge in [-0.05, 0) is 25.7 Å². The minimum absolute atomic E-state index is 0.0422. The van der Waals surface area contributed by atoms with Crippen molar-refractivity contribution in [3.05, 3.63) is 0 Å². The zero-order valence-electron chi connectivity index (χ0n) is 8.04. The summed E-state index contributed by atoms with van der Waals surface area (Å²) in [5, 5.41) is 0. The van der Waals surface area contributed by atoms with E-state index in [0.29, 0.717) is 18.9 Å². The first-order valence-electron chi connectivity index (χ1n) is 4.83. The van der Waals surface area contributed by atoms with Gasteiger partial charge < -0.3 is 9.53 Å². The number of Topliss-reactive ketones (excluding diaryl/α,β-unsaturated/α-hetero) is 1. The molecular weight excluding hydrogens is 168 g/mol. The van der Waals surface area contributed by atoms with Crippen molar-refractivity contribution < 1.29 is 14.3 Å². The van der Waals surface area contributed by atoms with E-state index in [2.05, 4.69) is 0 Å². The quantitative estimate of drug-likeness (QED) is 0.611. The lowest BCUT2D eigenvalue weighted by Crippen LogP contribution is -2.20. The summed E-state index contributed by atoms with van der Waals surface area (Å²) in [7, 11) is 0. The van der Waals surface area contributed by atoms with Crippen LogP contribution in [0.4, 0.5) is 0 Å². The molecule has 0 aliphatic heterocycles. The van der Waals surface area contributed by atoms with Gasteiger partial charge in [0.15, 0.2) is 0 Å². The van der Waals surface area contributed by atoms with Gasteiger partial charge in [-0.3, -0.25) is 4.79 Å². The zero-order valence-corrected chi connectivity index (χ0v) is 8.04. The Bertz CT molecular complexity index is 194. The Hall–Kier alpha value is -0.860. The average Bonchev–Trinajstić information content (AvgIpc) is 1.98. The van der Waals surface area contributed by atoms with Crippen LogP contribution >= 0.6 is 0 Å². The maximum atomic E-state index is 11.0. The van der Waals surface area contributed by atoms with Gasteiger partial charge in [-0.15, -0.1) is 0 Å². The van der Waals surface area contributed by atoms with Crippen LogP contribution < -0.4 is 0 Å². The number of carbonyl (C=O) groups excluding carboxylic acids is 2. The molecule has 0 aromatic carbocycles. The van der Waals surface area contributed by atoms with Crippen molar-refractivity contribution in [1.29, 1.82) is 0 Å². The first kappa shape index (κ1) is 10.2. The van der Waals surface area contributed by atoms with Crippen molar-refractivity contribution in [2.45, 2.75) is 39.0 Å². The minimum Gasteiger partial charge on any atom is -0.465 e. The van der Waals surface area contributed by atoms with E-state index < -0.39 is 0 Å². The molecule has 1 fully saturated rings. The predicted octanol–water partition coefficient (Wildman–Crippen LogP) is 1.70. The molecule has 0 unspecified atom stereocenters. The first-order valence-corrected chi connectivity index (χ1v) is 4.83. The fourth-order valence-corrected chi connectivity index (χ4v) is 1.22. The summed E-state index contributed by atoms with van der Waals surface area (Å²) in [4.78, 5) is 21.6. The summed E-state index contributed by atoms with van der Waals surface area (Å²) in [6.07, 6.45) is 4.17. The van der Waals surface area contributed by atoms with Gasteiger partial charge in [0.25, 0.3) is 0 Å². The highest BCUT2D eigenvalue weighted by molar-refractivity contribution is 5.80. The van der Waals surface area contributed by atoms with E-state index in [-0.39, 0.29) is 18.2 Å². The van der Waals surface area contributed by atoms with Crippen molar-refractivity contribution in [3.63, 3.8) is 0 Å². The molecule has 0 saturated heterocycles. The van der Waals surface area contributed by atoms with E-state index >= 15 is 0 Å². The predicted molar refractivity (Wildman–Crippen MR) is 48.2 cm³/mol. The Morgan fingerprint density at radius 2 is 2.00 bits per heavy atom. The van der Waals surface area contributed by atoms with Gasteiger partial charge in [0.05, 0.1) is 13.0 Å². The van der Waals surface area contributed by atoms with Gasteiger partial charge in [-0.2, -0.15) is 0 Å². The molecule has 1 aliphatic carbocycles. The van der Waals surface area contributed by atoms with Crippen LogP contribution in [0.2, 0.25) is 0 Å². The molecule has 0 N–H and O–H groups in total. The second kappa shape index (κ2) is 5.00. The van der Waals surface area contributed by atoms with Gasteiger partial charge in [0.1, 0.15) is 5.78 Å². The number of hydrogen-bond donors (Lipinski definition) is 0. The fraction of sp³-hybridized carbons (Fsp3) is 0.800. The molecule has 1 rings (SSSR count). The molecule has 0 aromatic heterocycles. The number of carbonyl (C=O) groups is 2. The van der Waals surface area contributed by atoms with Crippen LogP contribution in [-0.4, -0.2) is 18.4 Å². The van der Waals surface area contributed by atoms with E-state index in [1.54, 1.807) is 0 Å². The molecule has 0 heterocycles. The summed E-state index contributed by atoms with van der Waals surface area (Å²) in [6, 6.07) is 0. The molecule has 3 heteroatoms. The third-order valence-corrected chi connectivity index (χ3v) is 2.39. The Kier molecular flexibility index (Phi) is 3.93. The van der Waals surface area contributed by atoms with Crippen LogP contribution in [0, 0.1) is 5.92 Å². The second-order valence-electron chi connectivity index (χ2n) is 3.68. The first-order chi connectivity index (χ1) is 6.18. The summed E-state index contributed by atoms with van der Waals surface area (Å²) >= 11 is 0. The topological polar surface area (TPSA) is 43.4 Å². The fourth-order valence-electron chi connectivity index (χ4n) is 1.22. The molecule has 1 aliphatic rings. The third-order valence-electron chi connectivity index (χ3n) is 2.39. The Labute approximate surface area is 78.5 Å². The normalized spacial score (nSPS) is 16.4. The van der Waals surface area contributed by atoms with Crippen LogP contribution in [-0.2, 0) is 14.3 Å². The number of hydrogen-bond acceptors (Lipinski definition) is 3. The number of ketones is 1. The lowest BCUT2D eigenvalue weighted by molar-refractivity contribution is -0.146. The maximum absolute atomic E-state index is 11.0. The van der Waals surface area contributed by atoms with Crippen molar-refractivity contribution in [3.8, 4) is 0 Å². The molecule has 1 saturated carbocycles. The van der Waals surface area contributed by atoms with Crippen LogP contribution in [0.1, 0.15) is 39.0 Å². The maximum Gasteiger partial charge on any atom is 0.306 e. The highest BCUT2D eigenvalue weighted by Crippen LogP contribution is 2.26. The second-order valence-corrected chi connectivity index (χ2v) is 3.68. The lowest BCUT2D eigenvalue weighted by atomic mass is 9.86. The number of rotatable bonds is 5. The standard InChI is InChI=1S/C10H16O3/c1-8(11)5-6-10(12)13-7-9-3-2-4-9/h9H,2-7H2,1H3. The molecule has 0 bridgehead atoms. The average molecular weight is 184 g/mol. The Balaban J connectivity index is 2.00. The Morgan fingerprint density at radius 1 is 1.31 bits per heavy atom. The summed E-state index contributed by atoms with van der Waals surface area (Å²) in [6.45, 7) is 2.04. The molecule has 0 amide bonds. The van der Waals surface area contributed by atoms with Crippen LogP contribution in [0.5, 0.6) is 0 Å².